The zero-order valence-corrected chi connectivity index (χ0v) is 6.30. The molecule has 64 valence electrons. The van der Waals surface area contributed by atoms with Crippen molar-refractivity contribution >= 4 is 6.08 Å². The lowest BCUT2D eigenvalue weighted by Gasteiger charge is -1.96. The number of benzene rings is 1. The summed E-state index contributed by atoms with van der Waals surface area (Å²) in [6, 6.07) is 3.89. The Morgan fingerprint density at radius 3 is 2.75 bits per heavy atom. The fourth-order valence-corrected chi connectivity index (χ4v) is 0.829. The van der Waals surface area contributed by atoms with Gasteiger partial charge in [0, 0.05) is 5.56 Å². The molecule has 3 heteroatoms. The van der Waals surface area contributed by atoms with Crippen LogP contribution in [0.25, 0.3) is 6.08 Å². The van der Waals surface area contributed by atoms with Crippen molar-refractivity contribution in [2.45, 2.75) is 0 Å². The van der Waals surface area contributed by atoms with Crippen molar-refractivity contribution in [1.82, 2.24) is 0 Å². The second kappa shape index (κ2) is 3.97. The molecule has 0 saturated heterocycles. The molecule has 0 spiro atoms. The Labute approximate surface area is 69.0 Å². The van der Waals surface area contributed by atoms with Gasteiger partial charge in [-0.05, 0) is 6.07 Å². The Morgan fingerprint density at radius 1 is 1.33 bits per heavy atom. The monoisotopic (exact) mass is 170 g/mol. The molecule has 0 heterocycles. The first-order valence-corrected chi connectivity index (χ1v) is 3.47. The molecule has 1 N–H and O–H groups in total. The van der Waals surface area contributed by atoms with E-state index in [9.17, 15) is 8.78 Å². The summed E-state index contributed by atoms with van der Waals surface area (Å²) in [6.07, 6.45) is 2.68. The van der Waals surface area contributed by atoms with Crippen molar-refractivity contribution < 1.29 is 13.9 Å². The van der Waals surface area contributed by atoms with Crippen LogP contribution in [0.2, 0.25) is 0 Å². The number of halogens is 2. The van der Waals surface area contributed by atoms with Crippen LogP contribution in [0.4, 0.5) is 8.78 Å². The quantitative estimate of drug-likeness (QED) is 0.719. The third-order valence-corrected chi connectivity index (χ3v) is 1.38. The zero-order chi connectivity index (χ0) is 8.97. The van der Waals surface area contributed by atoms with E-state index in [1.807, 2.05) is 0 Å². The molecule has 0 aromatic heterocycles. The fraction of sp³-hybridized carbons (Fsp3) is 0.111. The van der Waals surface area contributed by atoms with E-state index in [4.69, 9.17) is 5.11 Å². The molecule has 1 nitrogen and oxygen atoms in total. The minimum atomic E-state index is -0.887. The second-order valence-electron chi connectivity index (χ2n) is 2.23. The summed E-state index contributed by atoms with van der Waals surface area (Å²) < 4.78 is 25.4. The van der Waals surface area contributed by atoms with Gasteiger partial charge >= 0.3 is 0 Å². The number of aliphatic hydroxyl groups excluding tert-OH is 1. The predicted molar refractivity (Wildman–Crippen MR) is 42.5 cm³/mol. The van der Waals surface area contributed by atoms with Gasteiger partial charge in [-0.25, -0.2) is 8.78 Å². The number of aliphatic hydroxyl groups is 1. The van der Waals surface area contributed by atoms with Crippen LogP contribution in [0, 0.1) is 11.6 Å². The molecule has 1 rings (SSSR count). The van der Waals surface area contributed by atoms with Crippen molar-refractivity contribution in [3.63, 3.8) is 0 Å². The van der Waals surface area contributed by atoms with Gasteiger partial charge in [-0.1, -0.05) is 24.3 Å². The molecule has 0 radical (unpaired) electrons. The highest BCUT2D eigenvalue weighted by atomic mass is 19.2. The number of rotatable bonds is 2. The number of hydrogen-bond acceptors (Lipinski definition) is 1. The molecule has 0 aliphatic carbocycles. The average molecular weight is 170 g/mol. The summed E-state index contributed by atoms with van der Waals surface area (Å²) in [5.74, 6) is -1.77. The van der Waals surface area contributed by atoms with E-state index < -0.39 is 11.6 Å². The van der Waals surface area contributed by atoms with E-state index in [2.05, 4.69) is 0 Å². The molecule has 0 atom stereocenters. The van der Waals surface area contributed by atoms with Crippen molar-refractivity contribution in [3.8, 4) is 0 Å². The lowest BCUT2D eigenvalue weighted by atomic mass is 10.2. The lowest BCUT2D eigenvalue weighted by molar-refractivity contribution is 0.343. The van der Waals surface area contributed by atoms with Crippen LogP contribution in [0.15, 0.2) is 24.3 Å². The van der Waals surface area contributed by atoms with Gasteiger partial charge < -0.3 is 5.11 Å². The Hall–Kier alpha value is -1.22. The summed E-state index contributed by atoms with van der Waals surface area (Å²) in [5.41, 5.74) is 0.143. The van der Waals surface area contributed by atoms with Gasteiger partial charge in [-0.3, -0.25) is 0 Å². The van der Waals surface area contributed by atoms with Gasteiger partial charge in [0.15, 0.2) is 11.6 Å². The van der Waals surface area contributed by atoms with Gasteiger partial charge in [0.2, 0.25) is 0 Å². The van der Waals surface area contributed by atoms with E-state index in [0.717, 1.165) is 6.07 Å². The first-order valence-electron chi connectivity index (χ1n) is 3.47. The van der Waals surface area contributed by atoms with Gasteiger partial charge in [-0.15, -0.1) is 0 Å². The average Bonchev–Trinajstić information content (AvgIpc) is 2.08. The van der Waals surface area contributed by atoms with E-state index in [0.29, 0.717) is 0 Å². The number of hydrogen-bond donors (Lipinski definition) is 1. The minimum Gasteiger partial charge on any atom is -0.392 e. The third-order valence-electron chi connectivity index (χ3n) is 1.38. The molecule has 0 aliphatic heterocycles. The Balaban J connectivity index is 3.00. The van der Waals surface area contributed by atoms with Crippen molar-refractivity contribution in [2.75, 3.05) is 6.61 Å². The Morgan fingerprint density at radius 2 is 2.08 bits per heavy atom. The highest BCUT2D eigenvalue weighted by Crippen LogP contribution is 2.12. The molecule has 0 amide bonds. The molecular weight excluding hydrogens is 162 g/mol. The van der Waals surface area contributed by atoms with Crippen LogP contribution in [0.3, 0.4) is 0 Å². The van der Waals surface area contributed by atoms with Crippen molar-refractivity contribution in [3.05, 3.63) is 41.5 Å². The molecule has 1 aromatic rings. The van der Waals surface area contributed by atoms with Gasteiger partial charge in [0.05, 0.1) is 6.61 Å². The van der Waals surface area contributed by atoms with Crippen LogP contribution in [0.1, 0.15) is 5.56 Å². The largest absolute Gasteiger partial charge is 0.392 e. The third kappa shape index (κ3) is 1.89. The van der Waals surface area contributed by atoms with E-state index in [1.54, 1.807) is 0 Å². The SMILES string of the molecule is OCC=Cc1cccc(F)c1F. The van der Waals surface area contributed by atoms with Crippen molar-refractivity contribution in [2.24, 2.45) is 0 Å². The van der Waals surface area contributed by atoms with Gasteiger partial charge in [-0.2, -0.15) is 0 Å². The smallest absolute Gasteiger partial charge is 0.166 e. The topological polar surface area (TPSA) is 20.2 Å². The van der Waals surface area contributed by atoms with Crippen LogP contribution in [0.5, 0.6) is 0 Å². The fourth-order valence-electron chi connectivity index (χ4n) is 0.829. The van der Waals surface area contributed by atoms with E-state index in [-0.39, 0.29) is 12.2 Å². The van der Waals surface area contributed by atoms with Crippen molar-refractivity contribution in [1.29, 1.82) is 0 Å². The zero-order valence-electron chi connectivity index (χ0n) is 6.30. The summed E-state index contributed by atoms with van der Waals surface area (Å²) >= 11 is 0. The highest BCUT2D eigenvalue weighted by Gasteiger charge is 2.03. The summed E-state index contributed by atoms with van der Waals surface area (Å²) in [6.45, 7) is -0.185. The molecule has 1 aromatic carbocycles. The molecule has 0 aliphatic rings. The van der Waals surface area contributed by atoms with E-state index >= 15 is 0 Å². The summed E-state index contributed by atoms with van der Waals surface area (Å²) in [4.78, 5) is 0. The van der Waals surface area contributed by atoms with Gasteiger partial charge in [0.1, 0.15) is 0 Å². The van der Waals surface area contributed by atoms with Crippen LogP contribution < -0.4 is 0 Å². The second-order valence-corrected chi connectivity index (χ2v) is 2.23. The lowest BCUT2D eigenvalue weighted by Crippen LogP contribution is -1.87. The van der Waals surface area contributed by atoms with Crippen LogP contribution in [-0.4, -0.2) is 11.7 Å². The maximum atomic E-state index is 12.8. The molecule has 0 saturated carbocycles. The van der Waals surface area contributed by atoms with Crippen LogP contribution in [-0.2, 0) is 0 Å². The molecule has 0 bridgehead atoms. The first-order chi connectivity index (χ1) is 5.75. The van der Waals surface area contributed by atoms with E-state index in [1.165, 1.54) is 24.3 Å². The highest BCUT2D eigenvalue weighted by molar-refractivity contribution is 5.49. The molecular formula is C9H8F2O. The predicted octanol–water partition coefficient (Wildman–Crippen LogP) is 1.97. The normalized spacial score (nSPS) is 10.9. The molecule has 0 unspecified atom stereocenters. The minimum absolute atomic E-state index is 0.143. The maximum absolute atomic E-state index is 12.8. The molecule has 12 heavy (non-hydrogen) atoms. The molecule has 0 fully saturated rings. The summed E-state index contributed by atoms with van der Waals surface area (Å²) in [7, 11) is 0. The standard InChI is InChI=1S/C9H8F2O/c10-8-5-1-3-7(9(8)11)4-2-6-12/h1-5,12H,6H2. The van der Waals surface area contributed by atoms with Crippen LogP contribution >= 0.6 is 0 Å². The van der Waals surface area contributed by atoms with Gasteiger partial charge in [0.25, 0.3) is 0 Å². The summed E-state index contributed by atoms with van der Waals surface area (Å²) in [5, 5.41) is 8.38. The Bertz CT molecular complexity index is 295. The first kappa shape index (κ1) is 8.87. The Kier molecular flexibility index (Phi) is 2.94. The maximum Gasteiger partial charge on any atom is 0.166 e.